The first kappa shape index (κ1) is 27.0. The first-order chi connectivity index (χ1) is 16.9. The number of ether oxygens (including phenoxy) is 1. The highest BCUT2D eigenvalue weighted by molar-refractivity contribution is 7.12. The quantitative estimate of drug-likeness (QED) is 0.286. The average molecular weight is 516 g/mol. The molecule has 2 heterocycles. The lowest BCUT2D eigenvalue weighted by Gasteiger charge is -2.29. The third-order valence-electron chi connectivity index (χ3n) is 5.63. The maximum Gasteiger partial charge on any atom is 0.264 e. The van der Waals surface area contributed by atoms with Crippen LogP contribution in [0.15, 0.2) is 60.1 Å². The molecule has 1 aromatic carbocycles. The van der Waals surface area contributed by atoms with Crippen LogP contribution in [-0.4, -0.2) is 59.5 Å². The van der Waals surface area contributed by atoms with Crippen molar-refractivity contribution in [2.75, 3.05) is 33.4 Å². The number of hydrogen-bond acceptors (Lipinski definition) is 4. The Labute approximate surface area is 217 Å². The van der Waals surface area contributed by atoms with Crippen LogP contribution in [0.25, 0.3) is 0 Å². The number of halogens is 1. The van der Waals surface area contributed by atoms with E-state index in [1.807, 2.05) is 58.9 Å². The summed E-state index contributed by atoms with van der Waals surface area (Å²) < 4.78 is 7.29. The Morgan fingerprint density at radius 2 is 1.89 bits per heavy atom. The summed E-state index contributed by atoms with van der Waals surface area (Å²) in [5, 5.41) is 2.60. The van der Waals surface area contributed by atoms with Crippen LogP contribution in [0.1, 0.15) is 41.2 Å². The van der Waals surface area contributed by atoms with Crippen molar-refractivity contribution >= 4 is 34.8 Å². The van der Waals surface area contributed by atoms with E-state index in [1.54, 1.807) is 18.1 Å². The molecule has 0 aliphatic carbocycles. The minimum absolute atomic E-state index is 0.0401. The second-order valence-corrected chi connectivity index (χ2v) is 10.3. The Balaban J connectivity index is 1.76. The largest absolute Gasteiger partial charge is 0.385 e. The van der Waals surface area contributed by atoms with Crippen molar-refractivity contribution in [3.8, 4) is 0 Å². The molecule has 0 atom stereocenters. The van der Waals surface area contributed by atoms with Gasteiger partial charge in [-0.25, -0.2) is 0 Å². The number of amides is 2. The van der Waals surface area contributed by atoms with Crippen molar-refractivity contribution in [2.45, 2.75) is 33.4 Å². The number of benzene rings is 1. The first-order valence-electron chi connectivity index (χ1n) is 11.9. The van der Waals surface area contributed by atoms with Crippen molar-refractivity contribution in [3.05, 3.63) is 81.3 Å². The summed E-state index contributed by atoms with van der Waals surface area (Å²) in [5.41, 5.74) is 2.05. The van der Waals surface area contributed by atoms with Gasteiger partial charge in [-0.05, 0) is 47.5 Å². The van der Waals surface area contributed by atoms with Gasteiger partial charge < -0.3 is 19.1 Å². The number of carbonyl (C=O) groups is 2. The van der Waals surface area contributed by atoms with E-state index in [2.05, 4.69) is 18.4 Å². The Morgan fingerprint density at radius 3 is 2.57 bits per heavy atom. The summed E-state index contributed by atoms with van der Waals surface area (Å²) in [6.45, 7) is 6.93. The Kier molecular flexibility index (Phi) is 10.4. The lowest BCUT2D eigenvalue weighted by Crippen LogP contribution is -2.44. The van der Waals surface area contributed by atoms with Crippen molar-refractivity contribution in [2.24, 2.45) is 5.92 Å². The summed E-state index contributed by atoms with van der Waals surface area (Å²) in [6, 6.07) is 15.5. The van der Waals surface area contributed by atoms with Crippen LogP contribution in [0.5, 0.6) is 0 Å². The van der Waals surface area contributed by atoms with Gasteiger partial charge in [-0.1, -0.05) is 49.7 Å². The van der Waals surface area contributed by atoms with Gasteiger partial charge in [0.25, 0.3) is 5.91 Å². The molecule has 0 aliphatic rings. The van der Waals surface area contributed by atoms with Crippen molar-refractivity contribution < 1.29 is 14.3 Å². The normalized spacial score (nSPS) is 11.1. The topological polar surface area (TPSA) is 54.8 Å². The zero-order chi connectivity index (χ0) is 25.2. The molecule has 8 heteroatoms. The van der Waals surface area contributed by atoms with E-state index < -0.39 is 0 Å². The monoisotopic (exact) mass is 515 g/mol. The Morgan fingerprint density at radius 1 is 1.09 bits per heavy atom. The third kappa shape index (κ3) is 7.95. The van der Waals surface area contributed by atoms with Crippen LogP contribution in [0.3, 0.4) is 0 Å². The molecule has 6 nitrogen and oxygen atoms in total. The molecule has 0 saturated carbocycles. The predicted octanol–water partition coefficient (Wildman–Crippen LogP) is 5.41. The number of carbonyl (C=O) groups excluding carboxylic acids is 2. The van der Waals surface area contributed by atoms with Gasteiger partial charge >= 0.3 is 0 Å². The van der Waals surface area contributed by atoms with E-state index in [0.29, 0.717) is 50.0 Å². The SMILES string of the molecule is COCCCN(CC(=O)N(Cc1cccn1Cc1ccccc1Cl)CC(C)C)C(=O)c1cccs1. The summed E-state index contributed by atoms with van der Waals surface area (Å²) in [6.07, 6.45) is 2.68. The highest BCUT2D eigenvalue weighted by Crippen LogP contribution is 2.19. The van der Waals surface area contributed by atoms with Crippen molar-refractivity contribution in [3.63, 3.8) is 0 Å². The van der Waals surface area contributed by atoms with Crippen LogP contribution < -0.4 is 0 Å². The van der Waals surface area contributed by atoms with Crippen LogP contribution in [0.4, 0.5) is 0 Å². The third-order valence-corrected chi connectivity index (χ3v) is 6.86. The maximum atomic E-state index is 13.5. The number of nitrogens with zero attached hydrogens (tertiary/aromatic N) is 3. The second-order valence-electron chi connectivity index (χ2n) is 8.94. The molecular formula is C27H34ClN3O3S. The van der Waals surface area contributed by atoms with E-state index in [4.69, 9.17) is 16.3 Å². The van der Waals surface area contributed by atoms with Crippen LogP contribution in [0.2, 0.25) is 5.02 Å². The first-order valence-corrected chi connectivity index (χ1v) is 13.1. The molecule has 2 aromatic heterocycles. The number of methoxy groups -OCH3 is 1. The van der Waals surface area contributed by atoms with Gasteiger partial charge in [-0.3, -0.25) is 9.59 Å². The molecule has 0 fully saturated rings. The van der Waals surface area contributed by atoms with Gasteiger partial charge in [-0.2, -0.15) is 0 Å². The highest BCUT2D eigenvalue weighted by atomic mass is 35.5. The molecule has 0 unspecified atom stereocenters. The molecule has 0 saturated heterocycles. The number of hydrogen-bond donors (Lipinski definition) is 0. The fraction of sp³-hybridized carbons (Fsp3) is 0.407. The molecule has 0 aliphatic heterocycles. The highest BCUT2D eigenvalue weighted by Gasteiger charge is 2.24. The molecule has 0 spiro atoms. The molecule has 0 radical (unpaired) electrons. The van der Waals surface area contributed by atoms with Crippen LogP contribution in [-0.2, 0) is 22.6 Å². The molecule has 35 heavy (non-hydrogen) atoms. The molecule has 2 amide bonds. The number of aromatic nitrogens is 1. The summed E-state index contributed by atoms with van der Waals surface area (Å²) in [4.78, 5) is 30.8. The molecular weight excluding hydrogens is 482 g/mol. The summed E-state index contributed by atoms with van der Waals surface area (Å²) in [7, 11) is 1.64. The van der Waals surface area contributed by atoms with Gasteiger partial charge in [0, 0.05) is 50.3 Å². The Hall–Kier alpha value is -2.61. The second kappa shape index (κ2) is 13.5. The zero-order valence-corrected chi connectivity index (χ0v) is 22.2. The summed E-state index contributed by atoms with van der Waals surface area (Å²) >= 11 is 7.77. The van der Waals surface area contributed by atoms with E-state index in [-0.39, 0.29) is 18.4 Å². The minimum atomic E-state index is -0.115. The fourth-order valence-corrected chi connectivity index (χ4v) is 4.81. The smallest absolute Gasteiger partial charge is 0.264 e. The van der Waals surface area contributed by atoms with E-state index in [0.717, 1.165) is 16.3 Å². The lowest BCUT2D eigenvalue weighted by molar-refractivity contribution is -0.133. The van der Waals surface area contributed by atoms with Crippen molar-refractivity contribution in [1.29, 1.82) is 0 Å². The summed E-state index contributed by atoms with van der Waals surface area (Å²) in [5.74, 6) is 0.114. The van der Waals surface area contributed by atoms with Crippen molar-refractivity contribution in [1.82, 2.24) is 14.4 Å². The molecule has 188 valence electrons. The maximum absolute atomic E-state index is 13.5. The molecule has 3 rings (SSSR count). The van der Waals surface area contributed by atoms with E-state index in [1.165, 1.54) is 11.3 Å². The Bertz CT molecular complexity index is 1080. The van der Waals surface area contributed by atoms with E-state index in [9.17, 15) is 9.59 Å². The van der Waals surface area contributed by atoms with Crippen LogP contribution in [0, 0.1) is 5.92 Å². The minimum Gasteiger partial charge on any atom is -0.385 e. The number of thiophene rings is 1. The van der Waals surface area contributed by atoms with Gasteiger partial charge in [0.05, 0.1) is 11.4 Å². The molecule has 0 bridgehead atoms. The zero-order valence-electron chi connectivity index (χ0n) is 20.7. The fourth-order valence-electron chi connectivity index (χ4n) is 3.92. The number of rotatable bonds is 13. The van der Waals surface area contributed by atoms with Gasteiger partial charge in [0.1, 0.15) is 6.54 Å². The molecule has 3 aromatic rings. The van der Waals surface area contributed by atoms with Gasteiger partial charge in [0.2, 0.25) is 5.91 Å². The average Bonchev–Trinajstić information content (AvgIpc) is 3.51. The standard InChI is InChI=1S/C27H34ClN3O3S/c1-21(2)17-31(19-23-10-6-13-29(23)18-22-9-4-5-11-24(22)28)26(32)20-30(14-8-15-34-3)27(33)25-12-7-16-35-25/h4-7,9-13,16,21H,8,14-15,17-20H2,1-3H3. The molecule has 0 N–H and O–H groups in total. The van der Waals surface area contributed by atoms with Gasteiger partial charge in [-0.15, -0.1) is 11.3 Å². The van der Waals surface area contributed by atoms with Crippen LogP contribution >= 0.6 is 22.9 Å². The predicted molar refractivity (Wildman–Crippen MR) is 142 cm³/mol. The van der Waals surface area contributed by atoms with E-state index >= 15 is 0 Å². The van der Waals surface area contributed by atoms with Gasteiger partial charge in [0.15, 0.2) is 0 Å². The lowest BCUT2D eigenvalue weighted by atomic mass is 10.2.